The number of hydrogen-bond acceptors (Lipinski definition) is 16. The van der Waals surface area contributed by atoms with Crippen LogP contribution in [0.15, 0.2) is 24.4 Å². The van der Waals surface area contributed by atoms with Gasteiger partial charge in [-0.25, -0.2) is 23.1 Å². The van der Waals surface area contributed by atoms with Crippen LogP contribution in [0.1, 0.15) is 61.0 Å². The summed E-state index contributed by atoms with van der Waals surface area (Å²) in [6.07, 6.45) is 0.234. The first-order valence-electron chi connectivity index (χ1n) is 21.1. The first kappa shape index (κ1) is 44.8. The van der Waals surface area contributed by atoms with Gasteiger partial charge in [0.05, 0.1) is 24.3 Å². The molecule has 6 heterocycles. The first-order valence-corrected chi connectivity index (χ1v) is 21.1. The van der Waals surface area contributed by atoms with E-state index in [2.05, 4.69) is 45.8 Å². The van der Waals surface area contributed by atoms with Crippen LogP contribution in [0.25, 0.3) is 11.4 Å². The van der Waals surface area contributed by atoms with Crippen LogP contribution in [0, 0.1) is 5.82 Å². The van der Waals surface area contributed by atoms with Crippen LogP contribution >= 0.6 is 0 Å². The highest BCUT2D eigenvalue weighted by molar-refractivity contribution is 6.04. The van der Waals surface area contributed by atoms with E-state index in [0.717, 1.165) is 32.5 Å². The molecule has 5 N–H and O–H groups in total. The van der Waals surface area contributed by atoms with Crippen molar-refractivity contribution in [2.75, 3.05) is 112 Å². The van der Waals surface area contributed by atoms with Gasteiger partial charge in [0.25, 0.3) is 12.3 Å². The first-order chi connectivity index (χ1) is 30.4. The van der Waals surface area contributed by atoms with Gasteiger partial charge < -0.3 is 40.7 Å². The van der Waals surface area contributed by atoms with E-state index in [1.807, 2.05) is 14.7 Å². The van der Waals surface area contributed by atoms with Crippen molar-refractivity contribution in [2.45, 2.75) is 51.0 Å². The van der Waals surface area contributed by atoms with E-state index >= 15 is 0 Å². The van der Waals surface area contributed by atoms with Crippen LogP contribution in [-0.4, -0.2) is 162 Å². The van der Waals surface area contributed by atoms with E-state index in [9.17, 15) is 37.1 Å². The number of alkyl halides is 2. The lowest BCUT2D eigenvalue weighted by Gasteiger charge is -2.36. The Bertz CT molecular complexity index is 2150. The molecule has 1 aromatic carbocycles. The predicted octanol–water partition coefficient (Wildman–Crippen LogP) is 0.507. The average Bonchev–Trinajstić information content (AvgIpc) is 3.29. The fraction of sp³-hybridized carbons (Fsp3) is 0.550. The Kier molecular flexibility index (Phi) is 14.8. The van der Waals surface area contributed by atoms with Crippen molar-refractivity contribution in [3.63, 3.8) is 0 Å². The minimum atomic E-state index is -2.94. The number of aromatic nitrogens is 5. The highest BCUT2D eigenvalue weighted by Crippen LogP contribution is 2.30. The number of nitrogens with zero attached hydrogens (tertiary/aromatic N) is 10. The topological polar surface area (TPSA) is 237 Å². The fourth-order valence-electron chi connectivity index (χ4n) is 7.76. The third kappa shape index (κ3) is 11.6. The number of ether oxygens (including phenoxy) is 1. The Morgan fingerprint density at radius 1 is 0.873 bits per heavy atom. The Hall–Kier alpha value is -6.23. The molecule has 0 radical (unpaired) electrons. The molecule has 1 atom stereocenters. The van der Waals surface area contributed by atoms with E-state index < -0.39 is 41.7 Å². The molecule has 2 aromatic heterocycles. The van der Waals surface area contributed by atoms with Crippen molar-refractivity contribution in [2.24, 2.45) is 0 Å². The molecule has 63 heavy (non-hydrogen) atoms. The van der Waals surface area contributed by atoms with Gasteiger partial charge in [0.15, 0.2) is 5.82 Å². The normalized spacial score (nSPS) is 18.7. The molecule has 0 unspecified atom stereocenters. The number of unbranched alkanes of at least 4 members (excludes halogenated alkanes) is 1. The summed E-state index contributed by atoms with van der Waals surface area (Å²) in [5.41, 5.74) is 5.44. The Morgan fingerprint density at radius 3 is 2.25 bits per heavy atom. The Morgan fingerprint density at radius 2 is 1.57 bits per heavy atom. The molecule has 0 aliphatic carbocycles. The second kappa shape index (κ2) is 20.8. The maximum absolute atomic E-state index is 15.0. The van der Waals surface area contributed by atoms with Gasteiger partial charge in [-0.3, -0.25) is 34.2 Å². The predicted molar refractivity (Wildman–Crippen MR) is 222 cm³/mol. The molecule has 4 aliphatic rings. The van der Waals surface area contributed by atoms with Gasteiger partial charge >= 0.3 is 0 Å². The highest BCUT2D eigenvalue weighted by Gasteiger charge is 2.30. The number of morpholine rings is 1. The molecule has 0 saturated carbocycles. The zero-order chi connectivity index (χ0) is 44.5. The Labute approximate surface area is 361 Å². The molecule has 23 heteroatoms. The fourth-order valence-corrected chi connectivity index (χ4v) is 7.76. The molecule has 7 rings (SSSR count). The van der Waals surface area contributed by atoms with Crippen molar-refractivity contribution in [1.29, 1.82) is 0 Å². The molecule has 338 valence electrons. The molecule has 4 aliphatic heterocycles. The summed E-state index contributed by atoms with van der Waals surface area (Å²) in [6, 6.07) is 3.51. The lowest BCUT2D eigenvalue weighted by Crippen LogP contribution is -2.52. The number of carbonyl (C=O) groups excluding carboxylic acids is 5. The van der Waals surface area contributed by atoms with Crippen LogP contribution < -0.4 is 36.4 Å². The number of carbonyl (C=O) groups is 5. The monoisotopic (exact) mass is 880 g/mol. The van der Waals surface area contributed by atoms with Crippen molar-refractivity contribution in [1.82, 2.24) is 50.7 Å². The summed E-state index contributed by atoms with van der Waals surface area (Å²) in [6.45, 7) is 7.54. The number of halogens is 3. The maximum Gasteiger partial charge on any atom is 0.281 e. The molecular formula is C40H51F3N14O6. The van der Waals surface area contributed by atoms with E-state index in [1.165, 1.54) is 18.3 Å². The lowest BCUT2D eigenvalue weighted by atomic mass is 10.1. The summed E-state index contributed by atoms with van der Waals surface area (Å²) >= 11 is 0. The minimum Gasteiger partial charge on any atom is -0.378 e. The SMILES string of the molecule is Nc1ncc(-c2nc(N3CCOCC3)nc(N3CCN(C(=O)CCC(=O)NCCCCN4CCN(c5ccc(C(=O)N[C@@H]6CCC(=O)NC6=O)c(F)c5)CC4)CC3)n2)c(C(F)F)n1. The van der Waals surface area contributed by atoms with Gasteiger partial charge in [0.1, 0.15) is 17.6 Å². The standard InChI is InChI=1S/C40H51F3N14O6/c41-28-23-25(3-4-26(28)36(61)47-29-5-6-31(59)48-37(29)62)54-13-11-53(12-14-54)10-2-1-9-45-30(58)7-8-32(60)55-15-17-56(18-16-55)39-50-35(27-24-46-38(44)49-33(27)34(42)43)51-40(52-39)57-19-21-63-22-20-57/h3-4,23-24,29,34H,1-2,5-22H2,(H,45,58)(H,47,61)(H2,44,46,49)(H,48,59,62)/t29-/m1/s1. The van der Waals surface area contributed by atoms with Gasteiger partial charge in [-0.05, 0) is 44.0 Å². The number of amides is 5. The largest absolute Gasteiger partial charge is 0.378 e. The molecular weight excluding hydrogens is 830 g/mol. The third-order valence-electron chi connectivity index (χ3n) is 11.4. The second-order valence-corrected chi connectivity index (χ2v) is 15.6. The van der Waals surface area contributed by atoms with Crippen molar-refractivity contribution < 1.29 is 41.9 Å². The summed E-state index contributed by atoms with van der Waals surface area (Å²) in [7, 11) is 0. The quantitative estimate of drug-likeness (QED) is 0.120. The number of rotatable bonds is 15. The molecule has 5 amide bonds. The zero-order valence-corrected chi connectivity index (χ0v) is 34.7. The number of piperidine rings is 1. The second-order valence-electron chi connectivity index (χ2n) is 15.6. The van der Waals surface area contributed by atoms with Crippen molar-refractivity contribution in [3.05, 3.63) is 41.5 Å². The number of nitrogens with two attached hydrogens (primary N) is 1. The Balaban J connectivity index is 0.795. The number of hydrogen-bond donors (Lipinski definition) is 4. The van der Waals surface area contributed by atoms with Gasteiger partial charge in [-0.1, -0.05) is 0 Å². The minimum absolute atomic E-state index is 0.0143. The average molecular weight is 881 g/mol. The van der Waals surface area contributed by atoms with Gasteiger partial charge in [-0.2, -0.15) is 15.0 Å². The third-order valence-corrected chi connectivity index (χ3v) is 11.4. The molecule has 0 spiro atoms. The molecule has 20 nitrogen and oxygen atoms in total. The van der Waals surface area contributed by atoms with Crippen LogP contribution in [0.2, 0.25) is 0 Å². The van der Waals surface area contributed by atoms with Gasteiger partial charge in [-0.15, -0.1) is 0 Å². The number of imide groups is 1. The highest BCUT2D eigenvalue weighted by atomic mass is 19.3. The van der Waals surface area contributed by atoms with Crippen LogP contribution in [0.5, 0.6) is 0 Å². The number of benzene rings is 1. The summed E-state index contributed by atoms with van der Waals surface area (Å²) in [5.74, 6) is -2.50. The zero-order valence-electron chi connectivity index (χ0n) is 34.7. The van der Waals surface area contributed by atoms with Crippen LogP contribution in [0.3, 0.4) is 0 Å². The number of nitrogens with one attached hydrogen (secondary N) is 3. The number of anilines is 4. The lowest BCUT2D eigenvalue weighted by molar-refractivity contribution is -0.135. The van der Waals surface area contributed by atoms with Crippen LogP contribution in [0.4, 0.5) is 36.7 Å². The summed E-state index contributed by atoms with van der Waals surface area (Å²) < 4.78 is 48.4. The van der Waals surface area contributed by atoms with E-state index in [-0.39, 0.29) is 66.3 Å². The van der Waals surface area contributed by atoms with Crippen molar-refractivity contribution >= 4 is 53.1 Å². The summed E-state index contributed by atoms with van der Waals surface area (Å²) in [4.78, 5) is 92.8. The molecule has 0 bridgehead atoms. The van der Waals surface area contributed by atoms with E-state index in [1.54, 1.807) is 11.0 Å². The van der Waals surface area contributed by atoms with Gasteiger partial charge in [0, 0.05) is 103 Å². The number of nitrogen functional groups attached to an aromatic ring is 1. The van der Waals surface area contributed by atoms with Crippen LogP contribution in [-0.2, 0) is 23.9 Å². The van der Waals surface area contributed by atoms with Gasteiger partial charge in [0.2, 0.25) is 41.5 Å². The smallest absolute Gasteiger partial charge is 0.281 e. The van der Waals surface area contributed by atoms with Crippen molar-refractivity contribution in [3.8, 4) is 11.4 Å². The van der Waals surface area contributed by atoms with E-state index in [4.69, 9.17) is 10.5 Å². The number of piperazine rings is 2. The molecule has 3 aromatic rings. The molecule has 4 fully saturated rings. The summed E-state index contributed by atoms with van der Waals surface area (Å²) in [5, 5.41) is 7.58. The molecule has 4 saturated heterocycles. The maximum atomic E-state index is 15.0. The van der Waals surface area contributed by atoms with E-state index in [0.29, 0.717) is 83.8 Å².